The van der Waals surface area contributed by atoms with Gasteiger partial charge in [-0.2, -0.15) is 0 Å². The zero-order valence-corrected chi connectivity index (χ0v) is 14.6. The van der Waals surface area contributed by atoms with Crippen molar-refractivity contribution in [2.75, 3.05) is 14.1 Å². The second-order valence-electron chi connectivity index (χ2n) is 5.65. The fourth-order valence-corrected chi connectivity index (χ4v) is 2.02. The average molecular weight is 329 g/mol. The largest absolute Gasteiger partial charge is 0.402 e. The van der Waals surface area contributed by atoms with Crippen LogP contribution < -0.4 is 5.73 Å². The van der Waals surface area contributed by atoms with Crippen LogP contribution in [0.1, 0.15) is 26.0 Å². The highest BCUT2D eigenvalue weighted by Gasteiger charge is 2.12. The number of nitrogens with two attached hydrogens (primary N) is 1. The van der Waals surface area contributed by atoms with Crippen molar-refractivity contribution in [3.8, 4) is 0 Å². The number of hydrogen-bond acceptors (Lipinski definition) is 3. The number of pyridine rings is 1. The third kappa shape index (κ3) is 5.19. The minimum absolute atomic E-state index is 0.124. The van der Waals surface area contributed by atoms with Gasteiger partial charge in [0.2, 0.25) is 5.91 Å². The van der Waals surface area contributed by atoms with Gasteiger partial charge in [0.1, 0.15) is 11.5 Å². The number of allylic oxidation sites excluding steroid dienone is 6. The van der Waals surface area contributed by atoms with Crippen molar-refractivity contribution in [3.05, 3.63) is 71.5 Å². The van der Waals surface area contributed by atoms with E-state index in [-0.39, 0.29) is 11.6 Å². The van der Waals surface area contributed by atoms with Gasteiger partial charge in [-0.1, -0.05) is 6.08 Å². The lowest BCUT2D eigenvalue weighted by Gasteiger charge is -2.12. The van der Waals surface area contributed by atoms with Gasteiger partial charge in [-0.25, -0.2) is 4.39 Å². The van der Waals surface area contributed by atoms with E-state index in [2.05, 4.69) is 11.6 Å². The summed E-state index contributed by atoms with van der Waals surface area (Å²) < 4.78 is 14.1. The van der Waals surface area contributed by atoms with Crippen LogP contribution in [0.5, 0.6) is 0 Å². The highest BCUT2D eigenvalue weighted by atomic mass is 19.1. The van der Waals surface area contributed by atoms with Gasteiger partial charge in [0.05, 0.1) is 0 Å². The van der Waals surface area contributed by atoms with Crippen LogP contribution in [0, 0.1) is 5.82 Å². The topological polar surface area (TPSA) is 59.2 Å². The summed E-state index contributed by atoms with van der Waals surface area (Å²) in [6, 6.07) is 2.86. The second kappa shape index (κ2) is 8.82. The van der Waals surface area contributed by atoms with Crippen LogP contribution in [0.25, 0.3) is 5.57 Å². The highest BCUT2D eigenvalue weighted by molar-refractivity contribution is 5.89. The summed E-state index contributed by atoms with van der Waals surface area (Å²) in [5, 5.41) is 0. The van der Waals surface area contributed by atoms with Crippen molar-refractivity contribution in [2.45, 2.75) is 20.3 Å². The molecule has 128 valence electrons. The summed E-state index contributed by atoms with van der Waals surface area (Å²) in [7, 11) is 3.36. The first-order valence-electron chi connectivity index (χ1n) is 7.56. The van der Waals surface area contributed by atoms with Crippen LogP contribution in [0.4, 0.5) is 4.39 Å². The number of rotatable bonds is 6. The molecule has 1 aromatic rings. The van der Waals surface area contributed by atoms with Crippen LogP contribution >= 0.6 is 0 Å². The van der Waals surface area contributed by atoms with Gasteiger partial charge in [0, 0.05) is 37.6 Å². The molecule has 24 heavy (non-hydrogen) atoms. The first-order valence-corrected chi connectivity index (χ1v) is 7.56. The van der Waals surface area contributed by atoms with Gasteiger partial charge < -0.3 is 10.6 Å². The molecule has 0 aliphatic rings. The lowest BCUT2D eigenvalue weighted by Crippen LogP contribution is -2.19. The molecule has 0 fully saturated rings. The number of aromatic nitrogens is 1. The van der Waals surface area contributed by atoms with Crippen molar-refractivity contribution < 1.29 is 9.18 Å². The molecule has 2 N–H and O–H groups in total. The molecule has 5 heteroatoms. The zero-order chi connectivity index (χ0) is 18.3. The molecule has 1 rings (SSSR count). The summed E-state index contributed by atoms with van der Waals surface area (Å²) >= 11 is 0. The number of nitrogens with zero attached hydrogens (tertiary/aromatic N) is 2. The number of carbonyl (C=O) groups excluding carboxylic acids is 1. The Bertz CT molecular complexity index is 711. The van der Waals surface area contributed by atoms with Gasteiger partial charge >= 0.3 is 0 Å². The third-order valence-corrected chi connectivity index (χ3v) is 3.41. The monoisotopic (exact) mass is 329 g/mol. The highest BCUT2D eigenvalue weighted by Crippen LogP contribution is 2.25. The van der Waals surface area contributed by atoms with Crippen molar-refractivity contribution in [2.24, 2.45) is 5.73 Å². The Labute approximate surface area is 142 Å². The van der Waals surface area contributed by atoms with Gasteiger partial charge in [-0.05, 0) is 49.6 Å². The number of hydrogen-bond donors (Lipinski definition) is 1. The van der Waals surface area contributed by atoms with E-state index in [0.717, 1.165) is 11.1 Å². The van der Waals surface area contributed by atoms with Gasteiger partial charge in [-0.3, -0.25) is 9.78 Å². The molecule has 0 saturated heterocycles. The van der Waals surface area contributed by atoms with Crippen molar-refractivity contribution in [1.82, 2.24) is 9.88 Å². The molecule has 0 radical (unpaired) electrons. The maximum Gasteiger partial charge on any atom is 0.246 e. The molecule has 0 atom stereocenters. The quantitative estimate of drug-likeness (QED) is 0.494. The maximum atomic E-state index is 14.1. The molecular formula is C19H24FN3O. The number of likely N-dealkylation sites (N-methyl/N-ethyl adjacent to an activating group) is 1. The maximum absolute atomic E-state index is 14.1. The van der Waals surface area contributed by atoms with E-state index in [1.54, 1.807) is 33.2 Å². The fourth-order valence-electron chi connectivity index (χ4n) is 2.02. The van der Waals surface area contributed by atoms with Crippen molar-refractivity contribution in [1.29, 1.82) is 0 Å². The standard InChI is InChI=1S/C19H24FN3O/c1-6-8-15(13(2)11-18(24)23(4)5)12-16(14(3)21)19-17(20)9-7-10-22-19/h6-7,9-12H,1,8,21H2,2-5H3/b13-11+,15-12+,16-14-. The molecule has 0 aromatic carbocycles. The van der Waals surface area contributed by atoms with Crippen LogP contribution in [0.15, 0.2) is 60.0 Å². The Kier molecular flexibility index (Phi) is 7.11. The van der Waals surface area contributed by atoms with Crippen LogP contribution in [0.2, 0.25) is 0 Å². The Morgan fingerprint density at radius 2 is 2.04 bits per heavy atom. The third-order valence-electron chi connectivity index (χ3n) is 3.41. The molecular weight excluding hydrogens is 305 g/mol. The summed E-state index contributed by atoms with van der Waals surface area (Å²) in [6.07, 6.45) is 7.06. The number of amides is 1. The second-order valence-corrected chi connectivity index (χ2v) is 5.65. The molecule has 0 spiro atoms. The SMILES string of the molecule is C=CCC(=C\C(=C(/C)N)c1ncccc1F)/C(C)=C/C(=O)N(C)C. The molecule has 1 heterocycles. The van der Waals surface area contributed by atoms with E-state index in [9.17, 15) is 9.18 Å². The van der Waals surface area contributed by atoms with E-state index in [0.29, 0.717) is 17.7 Å². The predicted octanol–water partition coefficient (Wildman–Crippen LogP) is 3.45. The first kappa shape index (κ1) is 19.4. The van der Waals surface area contributed by atoms with E-state index in [1.165, 1.54) is 29.3 Å². The molecule has 4 nitrogen and oxygen atoms in total. The van der Waals surface area contributed by atoms with Crippen LogP contribution in [-0.4, -0.2) is 29.9 Å². The smallest absolute Gasteiger partial charge is 0.246 e. The van der Waals surface area contributed by atoms with E-state index in [1.807, 2.05) is 6.92 Å². The van der Waals surface area contributed by atoms with Crippen molar-refractivity contribution in [3.63, 3.8) is 0 Å². The van der Waals surface area contributed by atoms with E-state index < -0.39 is 5.82 Å². The van der Waals surface area contributed by atoms with Crippen molar-refractivity contribution >= 4 is 11.5 Å². The molecule has 0 unspecified atom stereocenters. The minimum atomic E-state index is -0.447. The lowest BCUT2D eigenvalue weighted by molar-refractivity contribution is -0.123. The molecule has 0 aliphatic carbocycles. The first-order chi connectivity index (χ1) is 11.3. The van der Waals surface area contributed by atoms with Gasteiger partial charge in [0.15, 0.2) is 0 Å². The van der Waals surface area contributed by atoms with Gasteiger partial charge in [-0.15, -0.1) is 6.58 Å². The Hall–Kier alpha value is -2.69. The summed E-state index contributed by atoms with van der Waals surface area (Å²) in [4.78, 5) is 17.5. The summed E-state index contributed by atoms with van der Waals surface area (Å²) in [6.45, 7) is 7.26. The Morgan fingerprint density at radius 1 is 1.38 bits per heavy atom. The Morgan fingerprint density at radius 3 is 2.54 bits per heavy atom. The molecule has 1 aromatic heterocycles. The minimum Gasteiger partial charge on any atom is -0.402 e. The average Bonchev–Trinajstić information content (AvgIpc) is 2.51. The fraction of sp³-hybridized carbons (Fsp3) is 0.263. The predicted molar refractivity (Wildman–Crippen MR) is 96.3 cm³/mol. The van der Waals surface area contributed by atoms with Gasteiger partial charge in [0.25, 0.3) is 0 Å². The lowest BCUT2D eigenvalue weighted by atomic mass is 9.98. The number of halogens is 1. The van der Waals surface area contributed by atoms with E-state index >= 15 is 0 Å². The summed E-state index contributed by atoms with van der Waals surface area (Å²) in [5.74, 6) is -0.570. The Balaban J connectivity index is 3.41. The molecule has 0 aliphatic heterocycles. The van der Waals surface area contributed by atoms with Crippen LogP contribution in [-0.2, 0) is 4.79 Å². The molecule has 1 amide bonds. The molecule has 0 saturated carbocycles. The molecule has 0 bridgehead atoms. The zero-order valence-electron chi connectivity index (χ0n) is 14.6. The number of carbonyl (C=O) groups is 1. The van der Waals surface area contributed by atoms with Crippen LogP contribution in [0.3, 0.4) is 0 Å². The normalized spacial score (nSPS) is 13.4. The summed E-state index contributed by atoms with van der Waals surface area (Å²) in [5.41, 5.74) is 8.66. The van der Waals surface area contributed by atoms with E-state index in [4.69, 9.17) is 5.73 Å².